The minimum atomic E-state index is -1.62. The van der Waals surface area contributed by atoms with E-state index in [0.717, 1.165) is 0 Å². The lowest BCUT2D eigenvalue weighted by Gasteiger charge is -2.21. The molecule has 16 heavy (non-hydrogen) atoms. The quantitative estimate of drug-likeness (QED) is 0.257. The van der Waals surface area contributed by atoms with Crippen LogP contribution in [0, 0.1) is 15.5 Å². The Kier molecular flexibility index (Phi) is 5.13. The molecule has 3 N–H and O–H groups in total. The Labute approximate surface area is 99.2 Å². The van der Waals surface area contributed by atoms with Gasteiger partial charge in [0.05, 0.1) is 13.0 Å². The number of ether oxygens (including phenoxy) is 1. The predicted octanol–water partition coefficient (Wildman–Crippen LogP) is 1.24. The average molecular weight is 248 g/mol. The second kappa shape index (κ2) is 5.62. The summed E-state index contributed by atoms with van der Waals surface area (Å²) in [7, 11) is 0. The van der Waals surface area contributed by atoms with Gasteiger partial charge in [-0.25, -0.2) is 0 Å². The number of allylic oxidation sites excluding steroid dienone is 2. The van der Waals surface area contributed by atoms with Crippen molar-refractivity contribution in [2.45, 2.75) is 19.0 Å². The first-order valence-electron chi connectivity index (χ1n) is 4.53. The fraction of sp³-hybridized carbons (Fsp3) is 0.444. The molecule has 0 aliphatic heterocycles. The smallest absolute Gasteiger partial charge is 0.295 e. The van der Waals surface area contributed by atoms with Crippen LogP contribution >= 0.6 is 12.4 Å². The Morgan fingerprint density at radius 1 is 1.81 bits per heavy atom. The summed E-state index contributed by atoms with van der Waals surface area (Å²) in [6, 6.07) is 0. The average Bonchev–Trinajstić information content (AvgIpc) is 2.18. The maximum absolute atomic E-state index is 10.7. The van der Waals surface area contributed by atoms with Crippen molar-refractivity contribution in [3.05, 3.63) is 33.9 Å². The fourth-order valence-corrected chi connectivity index (χ4v) is 1.27. The molecule has 0 amide bonds. The molecule has 1 atom stereocenters. The van der Waals surface area contributed by atoms with E-state index in [1.54, 1.807) is 13.0 Å². The molecule has 0 radical (unpaired) electrons. The van der Waals surface area contributed by atoms with Gasteiger partial charge in [-0.2, -0.15) is 0 Å². The van der Waals surface area contributed by atoms with Crippen molar-refractivity contribution in [2.24, 2.45) is 5.73 Å². The van der Waals surface area contributed by atoms with Gasteiger partial charge in [0.25, 0.3) is 5.66 Å². The summed E-state index contributed by atoms with van der Waals surface area (Å²) >= 11 is 0. The van der Waals surface area contributed by atoms with Crippen LogP contribution in [0.25, 0.3) is 0 Å². The summed E-state index contributed by atoms with van der Waals surface area (Å²) in [6.07, 6.45) is 4.38. The Balaban J connectivity index is 0.00000225. The van der Waals surface area contributed by atoms with Gasteiger partial charge >= 0.3 is 0 Å². The number of halogens is 1. The van der Waals surface area contributed by atoms with Crippen LogP contribution in [-0.2, 0) is 4.74 Å². The molecule has 0 bridgehead atoms. The maximum Gasteiger partial charge on any atom is 0.295 e. The number of hydrogen-bond acceptors (Lipinski definition) is 5. The van der Waals surface area contributed by atoms with Gasteiger partial charge < -0.3 is 4.74 Å². The van der Waals surface area contributed by atoms with Crippen molar-refractivity contribution in [1.82, 2.24) is 0 Å². The first kappa shape index (κ1) is 14.6. The number of nitrogens with one attached hydrogen (secondary N) is 1. The Bertz CT molecular complexity index is 354. The van der Waals surface area contributed by atoms with Gasteiger partial charge in [0.1, 0.15) is 0 Å². The third-order valence-electron chi connectivity index (χ3n) is 2.08. The van der Waals surface area contributed by atoms with Crippen molar-refractivity contribution in [3.8, 4) is 0 Å². The molecular weight excluding hydrogens is 234 g/mol. The standard InChI is InChI=1S/C9H13N3O3.ClH/c1-2-15-8(10)7-4-3-5-9(11,6-7)12(13)14;/h3-5,10H,2,6,11H2,1H3;1H. The van der Waals surface area contributed by atoms with Crippen LogP contribution in [-0.4, -0.2) is 23.1 Å². The van der Waals surface area contributed by atoms with Crippen molar-refractivity contribution >= 4 is 18.3 Å². The summed E-state index contributed by atoms with van der Waals surface area (Å²) in [5, 5.41) is 18.2. The Hall–Kier alpha value is -1.40. The van der Waals surface area contributed by atoms with E-state index in [-0.39, 0.29) is 24.7 Å². The van der Waals surface area contributed by atoms with Crippen molar-refractivity contribution < 1.29 is 9.66 Å². The van der Waals surface area contributed by atoms with E-state index in [2.05, 4.69) is 0 Å². The fourth-order valence-electron chi connectivity index (χ4n) is 1.27. The molecule has 1 aliphatic rings. The normalized spacial score (nSPS) is 23.0. The largest absolute Gasteiger partial charge is 0.478 e. The molecule has 1 aliphatic carbocycles. The molecule has 1 unspecified atom stereocenters. The number of nitrogens with zero attached hydrogens (tertiary/aromatic N) is 1. The first-order chi connectivity index (χ1) is 6.99. The molecule has 7 heteroatoms. The van der Waals surface area contributed by atoms with E-state index in [4.69, 9.17) is 15.9 Å². The molecule has 0 saturated heterocycles. The summed E-state index contributed by atoms with van der Waals surface area (Å²) in [5.74, 6) is -0.0569. The van der Waals surface area contributed by atoms with Crippen LogP contribution in [0.1, 0.15) is 13.3 Å². The third-order valence-corrected chi connectivity index (χ3v) is 2.08. The van der Waals surface area contributed by atoms with E-state index < -0.39 is 10.6 Å². The summed E-state index contributed by atoms with van der Waals surface area (Å²) in [6.45, 7) is 2.10. The summed E-state index contributed by atoms with van der Waals surface area (Å²) in [4.78, 5) is 10.1. The topological polar surface area (TPSA) is 102 Å². The third kappa shape index (κ3) is 3.04. The zero-order chi connectivity index (χ0) is 11.5. The number of rotatable bonds is 3. The molecule has 0 spiro atoms. The zero-order valence-corrected chi connectivity index (χ0v) is 9.62. The van der Waals surface area contributed by atoms with Crippen LogP contribution in [0.15, 0.2) is 23.8 Å². The highest BCUT2D eigenvalue weighted by atomic mass is 35.5. The van der Waals surface area contributed by atoms with Crippen LogP contribution in [0.4, 0.5) is 0 Å². The van der Waals surface area contributed by atoms with Crippen LogP contribution in [0.2, 0.25) is 0 Å². The second-order valence-electron chi connectivity index (χ2n) is 3.24. The van der Waals surface area contributed by atoms with Gasteiger partial charge in [-0.3, -0.25) is 21.3 Å². The highest BCUT2D eigenvalue weighted by Gasteiger charge is 2.38. The van der Waals surface area contributed by atoms with E-state index in [1.807, 2.05) is 0 Å². The summed E-state index contributed by atoms with van der Waals surface area (Å²) < 4.78 is 4.96. The van der Waals surface area contributed by atoms with Gasteiger partial charge in [0, 0.05) is 16.6 Å². The predicted molar refractivity (Wildman–Crippen MR) is 62.4 cm³/mol. The number of nitro groups is 1. The zero-order valence-electron chi connectivity index (χ0n) is 8.80. The van der Waals surface area contributed by atoms with Crippen molar-refractivity contribution in [1.29, 1.82) is 5.41 Å². The minimum absolute atomic E-state index is 0. The monoisotopic (exact) mass is 247 g/mol. The van der Waals surface area contributed by atoms with Crippen LogP contribution in [0.5, 0.6) is 0 Å². The van der Waals surface area contributed by atoms with Crippen molar-refractivity contribution in [3.63, 3.8) is 0 Å². The van der Waals surface area contributed by atoms with Gasteiger partial charge in [-0.1, -0.05) is 12.2 Å². The lowest BCUT2D eigenvalue weighted by atomic mass is 9.95. The molecule has 90 valence electrons. The number of nitrogens with two attached hydrogens (primary N) is 1. The molecule has 0 aromatic heterocycles. The van der Waals surface area contributed by atoms with E-state index in [0.29, 0.717) is 12.2 Å². The summed E-state index contributed by atoms with van der Waals surface area (Å²) in [5.41, 5.74) is 4.37. The highest BCUT2D eigenvalue weighted by molar-refractivity contribution is 5.91. The second-order valence-corrected chi connectivity index (χ2v) is 3.24. The van der Waals surface area contributed by atoms with E-state index >= 15 is 0 Å². The first-order valence-corrected chi connectivity index (χ1v) is 4.53. The molecular formula is C9H14ClN3O3. The SMILES string of the molecule is CCOC(=N)C1=CC=CC(N)([N+](=O)[O-])C1.Cl. The van der Waals surface area contributed by atoms with Gasteiger partial charge in [-0.05, 0) is 6.92 Å². The molecule has 0 aromatic carbocycles. The lowest BCUT2D eigenvalue weighted by Crippen LogP contribution is -2.47. The molecule has 0 saturated carbocycles. The molecule has 1 rings (SSSR count). The molecule has 0 fully saturated rings. The maximum atomic E-state index is 10.7. The van der Waals surface area contributed by atoms with Gasteiger partial charge in [0.15, 0.2) is 0 Å². The van der Waals surface area contributed by atoms with E-state index in [9.17, 15) is 10.1 Å². The molecule has 6 nitrogen and oxygen atoms in total. The van der Waals surface area contributed by atoms with Crippen LogP contribution < -0.4 is 5.73 Å². The van der Waals surface area contributed by atoms with Gasteiger partial charge in [-0.15, -0.1) is 12.4 Å². The Morgan fingerprint density at radius 2 is 2.44 bits per heavy atom. The van der Waals surface area contributed by atoms with E-state index in [1.165, 1.54) is 12.2 Å². The lowest BCUT2D eigenvalue weighted by molar-refractivity contribution is -0.553. The molecule has 0 aromatic rings. The van der Waals surface area contributed by atoms with Crippen molar-refractivity contribution in [2.75, 3.05) is 6.61 Å². The molecule has 0 heterocycles. The highest BCUT2D eigenvalue weighted by Crippen LogP contribution is 2.22. The van der Waals surface area contributed by atoms with Crippen LogP contribution in [0.3, 0.4) is 0 Å². The minimum Gasteiger partial charge on any atom is -0.478 e. The number of hydrogen-bond donors (Lipinski definition) is 2. The Morgan fingerprint density at radius 3 is 2.94 bits per heavy atom. The van der Waals surface area contributed by atoms with Gasteiger partial charge in [0.2, 0.25) is 5.90 Å².